The number of methoxy groups -OCH3 is 1. The van der Waals surface area contributed by atoms with Gasteiger partial charge in [0.1, 0.15) is 5.75 Å². The number of nitrogens with two attached hydrogens (primary N) is 1. The van der Waals surface area contributed by atoms with Crippen molar-refractivity contribution in [2.45, 2.75) is 37.6 Å². The van der Waals surface area contributed by atoms with Crippen LogP contribution in [0.15, 0.2) is 17.0 Å². The van der Waals surface area contributed by atoms with Crippen molar-refractivity contribution in [3.8, 4) is 5.75 Å². The summed E-state index contributed by atoms with van der Waals surface area (Å²) in [5.41, 5.74) is 7.37. The predicted molar refractivity (Wildman–Crippen MR) is 78.4 cm³/mol. The lowest BCUT2D eigenvalue weighted by molar-refractivity contribution is 0.320. The molecule has 1 aromatic carbocycles. The lowest BCUT2D eigenvalue weighted by Gasteiger charge is -2.30. The first kappa shape index (κ1) is 15.3. The summed E-state index contributed by atoms with van der Waals surface area (Å²) in [6, 6.07) is 3.58. The van der Waals surface area contributed by atoms with Crippen LogP contribution in [0.2, 0.25) is 0 Å². The molecule has 112 valence electrons. The molecule has 2 rings (SSSR count). The number of rotatable bonds is 3. The Morgan fingerprint density at radius 2 is 1.80 bits per heavy atom. The molecule has 1 aliphatic heterocycles. The second-order valence-corrected chi connectivity index (χ2v) is 7.24. The topological polar surface area (TPSA) is 72.6 Å². The zero-order chi connectivity index (χ0) is 14.9. The van der Waals surface area contributed by atoms with Gasteiger partial charge in [0.15, 0.2) is 0 Å². The summed E-state index contributed by atoms with van der Waals surface area (Å²) in [4.78, 5) is 0.367. The van der Waals surface area contributed by atoms with Gasteiger partial charge in [-0.1, -0.05) is 0 Å². The number of sulfonamides is 1. The number of nitrogens with zero attached hydrogens (tertiary/aromatic N) is 1. The van der Waals surface area contributed by atoms with Gasteiger partial charge in [0.25, 0.3) is 0 Å². The monoisotopic (exact) mass is 298 g/mol. The summed E-state index contributed by atoms with van der Waals surface area (Å²) in [6.45, 7) is 4.63. The average molecular weight is 298 g/mol. The van der Waals surface area contributed by atoms with Gasteiger partial charge in [0.2, 0.25) is 10.0 Å². The third kappa shape index (κ3) is 2.82. The molecule has 0 bridgehead atoms. The molecule has 0 aliphatic carbocycles. The number of ether oxygens (including phenoxy) is 1. The van der Waals surface area contributed by atoms with E-state index in [1.54, 1.807) is 26.2 Å². The Balaban J connectivity index is 2.37. The minimum absolute atomic E-state index is 0.111. The van der Waals surface area contributed by atoms with Crippen molar-refractivity contribution in [2.75, 3.05) is 20.2 Å². The number of piperidine rings is 1. The van der Waals surface area contributed by atoms with Gasteiger partial charge < -0.3 is 10.5 Å². The van der Waals surface area contributed by atoms with Gasteiger partial charge in [0.05, 0.1) is 12.0 Å². The fourth-order valence-electron chi connectivity index (χ4n) is 2.52. The van der Waals surface area contributed by atoms with Gasteiger partial charge in [-0.05, 0) is 49.9 Å². The Morgan fingerprint density at radius 1 is 1.20 bits per heavy atom. The highest BCUT2D eigenvalue weighted by atomic mass is 32.2. The Hall–Kier alpha value is -1.11. The van der Waals surface area contributed by atoms with Gasteiger partial charge in [-0.3, -0.25) is 0 Å². The summed E-state index contributed by atoms with van der Waals surface area (Å²) < 4.78 is 32.2. The molecule has 1 saturated heterocycles. The van der Waals surface area contributed by atoms with Gasteiger partial charge >= 0.3 is 0 Å². The fraction of sp³-hybridized carbons (Fsp3) is 0.571. The van der Waals surface area contributed by atoms with Crippen molar-refractivity contribution in [3.63, 3.8) is 0 Å². The molecule has 1 fully saturated rings. The molecule has 0 radical (unpaired) electrons. The molecule has 5 nitrogen and oxygen atoms in total. The lowest BCUT2D eigenvalue weighted by Crippen LogP contribution is -2.42. The van der Waals surface area contributed by atoms with Gasteiger partial charge in [0, 0.05) is 19.1 Å². The Kier molecular flexibility index (Phi) is 4.36. The summed E-state index contributed by atoms with van der Waals surface area (Å²) in [6.07, 6.45) is 1.43. The summed E-state index contributed by atoms with van der Waals surface area (Å²) in [5.74, 6) is 0.710. The van der Waals surface area contributed by atoms with Crippen LogP contribution in [0.4, 0.5) is 0 Å². The molecule has 0 amide bonds. The van der Waals surface area contributed by atoms with E-state index in [0.29, 0.717) is 42.1 Å². The van der Waals surface area contributed by atoms with E-state index in [1.807, 2.05) is 6.92 Å². The van der Waals surface area contributed by atoms with E-state index in [9.17, 15) is 8.42 Å². The van der Waals surface area contributed by atoms with Crippen molar-refractivity contribution in [3.05, 3.63) is 23.3 Å². The molecule has 0 atom stereocenters. The van der Waals surface area contributed by atoms with Crippen LogP contribution in [-0.2, 0) is 10.0 Å². The second-order valence-electron chi connectivity index (χ2n) is 5.33. The maximum absolute atomic E-state index is 12.7. The van der Waals surface area contributed by atoms with Gasteiger partial charge in [-0.2, -0.15) is 4.31 Å². The zero-order valence-electron chi connectivity index (χ0n) is 12.2. The summed E-state index contributed by atoms with van der Waals surface area (Å²) in [5, 5.41) is 0. The van der Waals surface area contributed by atoms with E-state index in [-0.39, 0.29) is 6.04 Å². The smallest absolute Gasteiger partial charge is 0.243 e. The van der Waals surface area contributed by atoms with Crippen LogP contribution in [0.3, 0.4) is 0 Å². The molecule has 1 heterocycles. The Bertz CT molecular complexity index is 591. The minimum atomic E-state index is -3.44. The van der Waals surface area contributed by atoms with Gasteiger partial charge in [-0.25, -0.2) is 8.42 Å². The Morgan fingerprint density at radius 3 is 2.35 bits per heavy atom. The number of aryl methyl sites for hydroxylation is 2. The molecule has 2 N–H and O–H groups in total. The number of hydrogen-bond acceptors (Lipinski definition) is 4. The molecule has 1 aliphatic rings. The molecule has 0 spiro atoms. The highest BCUT2D eigenvalue weighted by Gasteiger charge is 2.29. The molecule has 20 heavy (non-hydrogen) atoms. The molecule has 0 unspecified atom stereocenters. The predicted octanol–water partition coefficient (Wildman–Crippen LogP) is 1.42. The lowest BCUT2D eigenvalue weighted by atomic mass is 10.1. The quantitative estimate of drug-likeness (QED) is 0.916. The van der Waals surface area contributed by atoms with E-state index in [1.165, 1.54) is 4.31 Å². The Labute approximate surface area is 120 Å². The van der Waals surface area contributed by atoms with Crippen LogP contribution in [0.25, 0.3) is 0 Å². The first-order chi connectivity index (χ1) is 9.36. The number of hydrogen-bond donors (Lipinski definition) is 1. The van der Waals surface area contributed by atoms with Crippen molar-refractivity contribution >= 4 is 10.0 Å². The van der Waals surface area contributed by atoms with Crippen LogP contribution in [-0.4, -0.2) is 39.0 Å². The van der Waals surface area contributed by atoms with Crippen LogP contribution in [0.5, 0.6) is 5.75 Å². The average Bonchev–Trinajstić information content (AvgIpc) is 2.41. The van der Waals surface area contributed by atoms with Crippen LogP contribution in [0, 0.1) is 13.8 Å². The molecule has 1 aromatic rings. The van der Waals surface area contributed by atoms with E-state index >= 15 is 0 Å². The molecule has 0 saturated carbocycles. The van der Waals surface area contributed by atoms with Crippen molar-refractivity contribution in [1.29, 1.82) is 0 Å². The normalized spacial score (nSPS) is 18.2. The second kappa shape index (κ2) is 5.71. The SMILES string of the molecule is COc1cc(C)c(S(=O)(=O)N2CCC(N)CC2)cc1C. The van der Waals surface area contributed by atoms with Crippen LogP contribution in [0.1, 0.15) is 24.0 Å². The summed E-state index contributed by atoms with van der Waals surface area (Å²) in [7, 11) is -1.86. The van der Waals surface area contributed by atoms with Gasteiger partial charge in [-0.15, -0.1) is 0 Å². The maximum atomic E-state index is 12.7. The van der Waals surface area contributed by atoms with Crippen LogP contribution < -0.4 is 10.5 Å². The third-order valence-corrected chi connectivity index (χ3v) is 5.85. The minimum Gasteiger partial charge on any atom is -0.496 e. The van der Waals surface area contributed by atoms with Crippen LogP contribution >= 0.6 is 0 Å². The molecular formula is C14H22N2O3S. The van der Waals surface area contributed by atoms with Crippen molar-refractivity contribution in [1.82, 2.24) is 4.31 Å². The van der Waals surface area contributed by atoms with Crippen molar-refractivity contribution in [2.24, 2.45) is 5.73 Å². The molecule has 6 heteroatoms. The van der Waals surface area contributed by atoms with E-state index in [0.717, 1.165) is 5.56 Å². The molecular weight excluding hydrogens is 276 g/mol. The van der Waals surface area contributed by atoms with E-state index in [4.69, 9.17) is 10.5 Å². The zero-order valence-corrected chi connectivity index (χ0v) is 13.0. The first-order valence-corrected chi connectivity index (χ1v) is 8.21. The highest BCUT2D eigenvalue weighted by Crippen LogP contribution is 2.28. The largest absolute Gasteiger partial charge is 0.496 e. The summed E-state index contributed by atoms with van der Waals surface area (Å²) >= 11 is 0. The maximum Gasteiger partial charge on any atom is 0.243 e. The highest BCUT2D eigenvalue weighted by molar-refractivity contribution is 7.89. The van der Waals surface area contributed by atoms with Crippen molar-refractivity contribution < 1.29 is 13.2 Å². The number of benzene rings is 1. The fourth-order valence-corrected chi connectivity index (χ4v) is 4.28. The van der Waals surface area contributed by atoms with E-state index < -0.39 is 10.0 Å². The standard InChI is InChI=1S/C14H22N2O3S/c1-10-9-14(11(2)8-13(10)19-3)20(17,18)16-6-4-12(15)5-7-16/h8-9,12H,4-7,15H2,1-3H3. The first-order valence-electron chi connectivity index (χ1n) is 6.77. The molecule has 0 aromatic heterocycles. The third-order valence-electron chi connectivity index (χ3n) is 3.81. The van der Waals surface area contributed by atoms with E-state index in [2.05, 4.69) is 0 Å².